The Morgan fingerprint density at radius 2 is 1.92 bits per heavy atom. The van der Waals surface area contributed by atoms with E-state index in [-0.39, 0.29) is 11.9 Å². The Kier molecular flexibility index (Phi) is 2.52. The van der Waals surface area contributed by atoms with E-state index in [9.17, 15) is 0 Å². The molecule has 0 aliphatic heterocycles. The van der Waals surface area contributed by atoms with Crippen LogP contribution < -0.4 is 22.3 Å². The Balaban J connectivity index is 3.07. The van der Waals surface area contributed by atoms with Crippen molar-refractivity contribution in [2.75, 3.05) is 16.5 Å². The molecule has 1 aromatic heterocycles. The minimum atomic E-state index is 0.108. The summed E-state index contributed by atoms with van der Waals surface area (Å²) < 4.78 is 0. The lowest BCUT2D eigenvalue weighted by atomic mass is 10.3. The van der Waals surface area contributed by atoms with Crippen molar-refractivity contribution in [3.8, 4) is 0 Å². The highest BCUT2D eigenvalue weighted by Gasteiger charge is 2.12. The second kappa shape index (κ2) is 3.44. The molecule has 6 nitrogen and oxygen atoms in total. The van der Waals surface area contributed by atoms with E-state index in [0.717, 1.165) is 0 Å². The zero-order valence-corrected chi connectivity index (χ0v) is 7.73. The quantitative estimate of drug-likeness (QED) is 0.429. The highest BCUT2D eigenvalue weighted by atomic mass is 15.4. The van der Waals surface area contributed by atoms with Crippen LogP contribution in [0.2, 0.25) is 0 Å². The molecule has 0 aromatic carbocycles. The lowest BCUT2D eigenvalue weighted by molar-refractivity contribution is 0.701. The smallest absolute Gasteiger partial charge is 0.171 e. The standard InChI is InChI=1S/C7H14N6/c1-4(2)13(10)7-5(8)6(9)11-3-12-7/h3-4H,8,10H2,1-2H3,(H2,9,11,12). The van der Waals surface area contributed by atoms with Crippen molar-refractivity contribution in [1.82, 2.24) is 9.97 Å². The van der Waals surface area contributed by atoms with E-state index in [0.29, 0.717) is 11.5 Å². The number of anilines is 3. The number of aromatic nitrogens is 2. The minimum absolute atomic E-state index is 0.108. The molecular weight excluding hydrogens is 168 g/mol. The molecule has 1 aromatic rings. The van der Waals surface area contributed by atoms with Crippen molar-refractivity contribution in [3.63, 3.8) is 0 Å². The third kappa shape index (κ3) is 1.78. The summed E-state index contributed by atoms with van der Waals surface area (Å²) in [6, 6.07) is 0.108. The zero-order valence-electron chi connectivity index (χ0n) is 7.73. The van der Waals surface area contributed by atoms with Gasteiger partial charge in [0.2, 0.25) is 0 Å². The van der Waals surface area contributed by atoms with E-state index in [4.69, 9.17) is 17.3 Å². The summed E-state index contributed by atoms with van der Waals surface area (Å²) in [4.78, 5) is 7.69. The predicted molar refractivity (Wildman–Crippen MR) is 52.7 cm³/mol. The summed E-state index contributed by atoms with van der Waals surface area (Å²) in [6.45, 7) is 3.86. The van der Waals surface area contributed by atoms with Crippen molar-refractivity contribution in [1.29, 1.82) is 0 Å². The molecule has 0 unspecified atom stereocenters. The van der Waals surface area contributed by atoms with Gasteiger partial charge in [0.1, 0.15) is 12.0 Å². The van der Waals surface area contributed by atoms with E-state index in [1.165, 1.54) is 11.3 Å². The van der Waals surface area contributed by atoms with E-state index >= 15 is 0 Å². The van der Waals surface area contributed by atoms with Gasteiger partial charge in [-0.1, -0.05) is 0 Å². The monoisotopic (exact) mass is 182 g/mol. The van der Waals surface area contributed by atoms with E-state index in [1.807, 2.05) is 13.8 Å². The maximum Gasteiger partial charge on any atom is 0.171 e. The summed E-state index contributed by atoms with van der Waals surface area (Å²) in [7, 11) is 0. The van der Waals surface area contributed by atoms with Gasteiger partial charge in [-0.15, -0.1) is 0 Å². The van der Waals surface area contributed by atoms with Gasteiger partial charge in [0.15, 0.2) is 11.6 Å². The van der Waals surface area contributed by atoms with E-state index in [1.54, 1.807) is 0 Å². The molecular formula is C7H14N6. The third-order valence-electron chi connectivity index (χ3n) is 1.69. The first-order valence-electron chi connectivity index (χ1n) is 3.94. The second-order valence-electron chi connectivity index (χ2n) is 3.00. The van der Waals surface area contributed by atoms with E-state index < -0.39 is 0 Å². The Hall–Kier alpha value is -1.56. The highest BCUT2D eigenvalue weighted by Crippen LogP contribution is 2.22. The van der Waals surface area contributed by atoms with Gasteiger partial charge in [0.25, 0.3) is 0 Å². The molecule has 0 fully saturated rings. The summed E-state index contributed by atoms with van der Waals surface area (Å²) in [5, 5.41) is 1.45. The largest absolute Gasteiger partial charge is 0.393 e. The summed E-state index contributed by atoms with van der Waals surface area (Å²) in [6.07, 6.45) is 1.34. The average molecular weight is 182 g/mol. The Morgan fingerprint density at radius 1 is 1.31 bits per heavy atom. The Morgan fingerprint density at radius 3 is 2.46 bits per heavy atom. The average Bonchev–Trinajstić information content (AvgIpc) is 2.08. The van der Waals surface area contributed by atoms with Gasteiger partial charge in [-0.25, -0.2) is 15.8 Å². The molecule has 1 rings (SSSR count). The van der Waals surface area contributed by atoms with Crippen molar-refractivity contribution in [2.24, 2.45) is 5.84 Å². The van der Waals surface area contributed by atoms with Crippen LogP contribution in [0.4, 0.5) is 17.3 Å². The molecule has 0 saturated carbocycles. The fraction of sp³-hybridized carbons (Fsp3) is 0.429. The van der Waals surface area contributed by atoms with Gasteiger partial charge in [0, 0.05) is 6.04 Å². The van der Waals surface area contributed by atoms with Crippen LogP contribution in [0.3, 0.4) is 0 Å². The maximum absolute atomic E-state index is 5.72. The number of hydrazine groups is 1. The molecule has 0 bridgehead atoms. The van der Waals surface area contributed by atoms with Crippen LogP contribution in [0.25, 0.3) is 0 Å². The maximum atomic E-state index is 5.72. The zero-order chi connectivity index (χ0) is 10.0. The summed E-state index contributed by atoms with van der Waals surface area (Å²) >= 11 is 0. The molecule has 0 spiro atoms. The molecule has 0 aliphatic carbocycles. The molecule has 6 N–H and O–H groups in total. The molecule has 13 heavy (non-hydrogen) atoms. The van der Waals surface area contributed by atoms with Gasteiger partial charge in [-0.05, 0) is 13.8 Å². The highest BCUT2D eigenvalue weighted by molar-refractivity contribution is 5.72. The molecule has 72 valence electrons. The number of hydrogen-bond acceptors (Lipinski definition) is 6. The van der Waals surface area contributed by atoms with Gasteiger partial charge in [-0.3, -0.25) is 5.01 Å². The lowest BCUT2D eigenvalue weighted by Crippen LogP contribution is -2.38. The second-order valence-corrected chi connectivity index (χ2v) is 3.00. The van der Waals surface area contributed by atoms with Gasteiger partial charge >= 0.3 is 0 Å². The van der Waals surface area contributed by atoms with Crippen molar-refractivity contribution < 1.29 is 0 Å². The molecule has 0 radical (unpaired) electrons. The van der Waals surface area contributed by atoms with Crippen molar-refractivity contribution in [2.45, 2.75) is 19.9 Å². The normalized spacial score (nSPS) is 10.5. The Labute approximate surface area is 76.7 Å². The van der Waals surface area contributed by atoms with Crippen LogP contribution in [0.15, 0.2) is 6.33 Å². The Bertz CT molecular complexity index is 297. The number of nitrogens with two attached hydrogens (primary N) is 3. The summed E-state index contributed by atoms with van der Waals surface area (Å²) in [5.41, 5.74) is 11.5. The minimum Gasteiger partial charge on any atom is -0.393 e. The van der Waals surface area contributed by atoms with Crippen LogP contribution in [0.5, 0.6) is 0 Å². The first-order valence-corrected chi connectivity index (χ1v) is 3.94. The summed E-state index contributed by atoms with van der Waals surface area (Å²) in [5.74, 6) is 6.43. The van der Waals surface area contributed by atoms with Crippen LogP contribution in [0.1, 0.15) is 13.8 Å². The molecule has 0 saturated heterocycles. The van der Waals surface area contributed by atoms with Crippen LogP contribution in [-0.2, 0) is 0 Å². The topological polar surface area (TPSA) is 107 Å². The van der Waals surface area contributed by atoms with Gasteiger partial charge in [-0.2, -0.15) is 0 Å². The van der Waals surface area contributed by atoms with Crippen molar-refractivity contribution >= 4 is 17.3 Å². The van der Waals surface area contributed by atoms with E-state index in [2.05, 4.69) is 9.97 Å². The number of nitrogen functional groups attached to an aromatic ring is 2. The van der Waals surface area contributed by atoms with Crippen molar-refractivity contribution in [3.05, 3.63) is 6.33 Å². The predicted octanol–water partition coefficient (Wildman–Crippen LogP) is -0.270. The first kappa shape index (κ1) is 9.53. The van der Waals surface area contributed by atoms with Crippen LogP contribution in [-0.4, -0.2) is 16.0 Å². The first-order chi connectivity index (χ1) is 6.04. The molecule has 1 heterocycles. The van der Waals surface area contributed by atoms with Gasteiger partial charge in [0.05, 0.1) is 0 Å². The van der Waals surface area contributed by atoms with Crippen LogP contribution in [0, 0.1) is 0 Å². The van der Waals surface area contributed by atoms with Crippen LogP contribution >= 0.6 is 0 Å². The van der Waals surface area contributed by atoms with Gasteiger partial charge < -0.3 is 11.5 Å². The number of hydrogen-bond donors (Lipinski definition) is 3. The molecule has 0 aliphatic rings. The fourth-order valence-electron chi connectivity index (χ4n) is 0.850. The molecule has 0 atom stereocenters. The third-order valence-corrected chi connectivity index (χ3v) is 1.69. The number of rotatable bonds is 2. The molecule has 0 amide bonds. The molecule has 6 heteroatoms. The SMILES string of the molecule is CC(C)N(N)c1ncnc(N)c1N. The lowest BCUT2D eigenvalue weighted by Gasteiger charge is -2.22. The fourth-order valence-corrected chi connectivity index (χ4v) is 0.850. The number of nitrogens with zero attached hydrogens (tertiary/aromatic N) is 3.